The fourth-order valence-corrected chi connectivity index (χ4v) is 4.07. The van der Waals surface area contributed by atoms with Gasteiger partial charge in [0.1, 0.15) is 10.5 Å². The average molecular weight is 357 g/mol. The van der Waals surface area contributed by atoms with E-state index in [9.17, 15) is 0 Å². The van der Waals surface area contributed by atoms with Crippen LogP contribution in [0.25, 0.3) is 0 Å². The van der Waals surface area contributed by atoms with Crippen LogP contribution < -0.4 is 0 Å². The number of aromatic amines is 1. The number of nitrogens with zero attached hydrogens (tertiary/aromatic N) is 1. The third-order valence-corrected chi connectivity index (χ3v) is 5.78. The number of rotatable bonds is 4. The fourth-order valence-electron chi connectivity index (χ4n) is 3.22. The Bertz CT molecular complexity index is 502. The Balaban J connectivity index is 2.16. The quantitative estimate of drug-likeness (QED) is 0.660. The van der Waals surface area contributed by atoms with Crippen LogP contribution in [0.1, 0.15) is 82.7 Å². The molecule has 1 aliphatic rings. The number of hydrogen-bond donors (Lipinski definition) is 1. The minimum Gasteiger partial charge on any atom is -0.346 e. The van der Waals surface area contributed by atoms with Gasteiger partial charge in [0.2, 0.25) is 0 Å². The second kappa shape index (κ2) is 7.17. The van der Waals surface area contributed by atoms with Gasteiger partial charge in [-0.1, -0.05) is 45.8 Å². The molecule has 0 amide bonds. The van der Waals surface area contributed by atoms with Crippen molar-refractivity contribution in [1.82, 2.24) is 9.97 Å². The van der Waals surface area contributed by atoms with Crippen LogP contribution in [0.2, 0.25) is 0 Å². The van der Waals surface area contributed by atoms with Crippen molar-refractivity contribution in [2.75, 3.05) is 0 Å². The van der Waals surface area contributed by atoms with Gasteiger partial charge in [0.15, 0.2) is 0 Å². The maximum absolute atomic E-state index is 5.40. The predicted octanol–water partition coefficient (Wildman–Crippen LogP) is 6.10. The topological polar surface area (TPSA) is 28.7 Å². The molecule has 0 spiro atoms. The first-order valence-corrected chi connectivity index (χ1v) is 9.02. The molecule has 112 valence electrons. The summed E-state index contributed by atoms with van der Waals surface area (Å²) in [6, 6.07) is 0. The molecule has 1 aromatic rings. The van der Waals surface area contributed by atoms with Crippen LogP contribution in [0.3, 0.4) is 0 Å². The van der Waals surface area contributed by atoms with E-state index in [4.69, 9.17) is 12.2 Å². The largest absolute Gasteiger partial charge is 0.346 e. The zero-order valence-electron chi connectivity index (χ0n) is 12.7. The van der Waals surface area contributed by atoms with Crippen molar-refractivity contribution in [3.8, 4) is 0 Å². The number of hydrogen-bond acceptors (Lipinski definition) is 2. The van der Waals surface area contributed by atoms with E-state index in [1.54, 1.807) is 0 Å². The molecule has 4 heteroatoms. The standard InChI is InChI=1S/C16H25BrN2S/c1-4-5-11-6-8-12(9-7-11)15-18-14(10(2)3)13(17)16(20)19-15/h10-12H,4-9H2,1-3H3,(H,18,19,20). The van der Waals surface area contributed by atoms with Gasteiger partial charge in [0, 0.05) is 11.6 Å². The monoisotopic (exact) mass is 356 g/mol. The van der Waals surface area contributed by atoms with Crippen LogP contribution in [-0.2, 0) is 0 Å². The normalized spacial score (nSPS) is 23.2. The minimum absolute atomic E-state index is 0.434. The lowest BCUT2D eigenvalue weighted by molar-refractivity contribution is 0.301. The number of halogens is 1. The van der Waals surface area contributed by atoms with Gasteiger partial charge in [-0.05, 0) is 53.4 Å². The van der Waals surface area contributed by atoms with Gasteiger partial charge in [-0.2, -0.15) is 0 Å². The fraction of sp³-hybridized carbons (Fsp3) is 0.750. The summed E-state index contributed by atoms with van der Waals surface area (Å²) in [5.74, 6) is 3.04. The van der Waals surface area contributed by atoms with E-state index in [-0.39, 0.29) is 0 Å². The average Bonchev–Trinajstić information content (AvgIpc) is 2.42. The van der Waals surface area contributed by atoms with Gasteiger partial charge in [0.05, 0.1) is 4.47 Å². The summed E-state index contributed by atoms with van der Waals surface area (Å²) in [6.07, 6.45) is 7.88. The molecule has 0 aromatic carbocycles. The van der Waals surface area contributed by atoms with Crippen molar-refractivity contribution in [3.63, 3.8) is 0 Å². The molecular formula is C16H25BrN2S. The summed E-state index contributed by atoms with van der Waals surface area (Å²) in [7, 11) is 0. The van der Waals surface area contributed by atoms with E-state index >= 15 is 0 Å². The van der Waals surface area contributed by atoms with E-state index in [2.05, 4.69) is 46.7 Å². The number of aromatic nitrogens is 2. The molecule has 1 N–H and O–H groups in total. The summed E-state index contributed by atoms with van der Waals surface area (Å²) in [6.45, 7) is 6.66. The van der Waals surface area contributed by atoms with Crippen LogP contribution in [0.4, 0.5) is 0 Å². The van der Waals surface area contributed by atoms with Crippen molar-refractivity contribution >= 4 is 28.1 Å². The Morgan fingerprint density at radius 2 is 1.95 bits per heavy atom. The lowest BCUT2D eigenvalue weighted by atomic mass is 9.79. The highest BCUT2D eigenvalue weighted by Gasteiger charge is 2.24. The molecule has 1 fully saturated rings. The first-order valence-electron chi connectivity index (χ1n) is 7.82. The predicted molar refractivity (Wildman–Crippen MR) is 90.8 cm³/mol. The van der Waals surface area contributed by atoms with Crippen molar-refractivity contribution in [2.45, 2.75) is 71.1 Å². The third-order valence-electron chi connectivity index (χ3n) is 4.42. The molecule has 1 aromatic heterocycles. The zero-order valence-corrected chi connectivity index (χ0v) is 15.1. The van der Waals surface area contributed by atoms with Crippen LogP contribution in [0.5, 0.6) is 0 Å². The molecule has 2 rings (SSSR count). The second-order valence-electron chi connectivity index (χ2n) is 6.32. The summed E-state index contributed by atoms with van der Waals surface area (Å²) >= 11 is 8.97. The van der Waals surface area contributed by atoms with Crippen molar-refractivity contribution in [3.05, 3.63) is 20.6 Å². The smallest absolute Gasteiger partial charge is 0.144 e. The highest BCUT2D eigenvalue weighted by Crippen LogP contribution is 2.37. The summed E-state index contributed by atoms with van der Waals surface area (Å²) in [5, 5.41) is 0. The van der Waals surface area contributed by atoms with E-state index < -0.39 is 0 Å². The van der Waals surface area contributed by atoms with Gasteiger partial charge in [-0.3, -0.25) is 0 Å². The molecule has 1 aliphatic carbocycles. The van der Waals surface area contributed by atoms with E-state index in [0.29, 0.717) is 16.5 Å². The van der Waals surface area contributed by atoms with Crippen LogP contribution >= 0.6 is 28.1 Å². The Morgan fingerprint density at radius 3 is 2.50 bits per heavy atom. The molecule has 2 nitrogen and oxygen atoms in total. The van der Waals surface area contributed by atoms with Crippen molar-refractivity contribution < 1.29 is 0 Å². The molecule has 0 radical (unpaired) electrons. The van der Waals surface area contributed by atoms with E-state index in [1.165, 1.54) is 44.2 Å². The molecule has 1 saturated carbocycles. The van der Waals surface area contributed by atoms with Crippen molar-refractivity contribution in [1.29, 1.82) is 0 Å². The summed E-state index contributed by atoms with van der Waals surface area (Å²) in [4.78, 5) is 8.17. The number of H-pyrrole nitrogens is 1. The maximum atomic E-state index is 5.40. The van der Waals surface area contributed by atoms with E-state index in [0.717, 1.165) is 16.2 Å². The summed E-state index contributed by atoms with van der Waals surface area (Å²) in [5.41, 5.74) is 1.19. The van der Waals surface area contributed by atoms with Gasteiger partial charge in [-0.25, -0.2) is 4.98 Å². The van der Waals surface area contributed by atoms with Gasteiger partial charge in [-0.15, -0.1) is 0 Å². The lowest BCUT2D eigenvalue weighted by Gasteiger charge is -2.28. The van der Waals surface area contributed by atoms with Gasteiger partial charge in [0.25, 0.3) is 0 Å². The molecule has 1 heterocycles. The lowest BCUT2D eigenvalue weighted by Crippen LogP contribution is -2.16. The SMILES string of the molecule is CCCC1CCC(c2nc(=S)c(Br)c(C(C)C)[nH]2)CC1. The first-order chi connectivity index (χ1) is 9.52. The number of nitrogens with one attached hydrogen (secondary N) is 1. The minimum atomic E-state index is 0.434. The van der Waals surface area contributed by atoms with Crippen LogP contribution in [-0.4, -0.2) is 9.97 Å². The second-order valence-corrected chi connectivity index (χ2v) is 7.50. The molecule has 0 unspecified atom stereocenters. The Kier molecular flexibility index (Phi) is 5.79. The molecular weight excluding hydrogens is 332 g/mol. The van der Waals surface area contributed by atoms with Gasteiger partial charge >= 0.3 is 0 Å². The molecule has 20 heavy (non-hydrogen) atoms. The maximum Gasteiger partial charge on any atom is 0.144 e. The zero-order chi connectivity index (χ0) is 14.7. The highest BCUT2D eigenvalue weighted by molar-refractivity contribution is 9.10. The van der Waals surface area contributed by atoms with E-state index in [1.807, 2.05) is 0 Å². The third kappa shape index (κ3) is 3.70. The molecule has 0 saturated heterocycles. The van der Waals surface area contributed by atoms with Crippen LogP contribution in [0, 0.1) is 10.6 Å². The first kappa shape index (κ1) is 16.2. The summed E-state index contributed by atoms with van der Waals surface area (Å²) < 4.78 is 1.67. The molecule has 0 aliphatic heterocycles. The Hall–Kier alpha value is -0.220. The Morgan fingerprint density at radius 1 is 1.30 bits per heavy atom. The van der Waals surface area contributed by atoms with Crippen LogP contribution in [0.15, 0.2) is 4.47 Å². The highest BCUT2D eigenvalue weighted by atomic mass is 79.9. The molecule has 0 bridgehead atoms. The molecule has 0 atom stereocenters. The van der Waals surface area contributed by atoms with Crippen molar-refractivity contribution in [2.24, 2.45) is 5.92 Å². The van der Waals surface area contributed by atoms with Gasteiger partial charge < -0.3 is 4.98 Å². The Labute approximate surface area is 135 Å².